The summed E-state index contributed by atoms with van der Waals surface area (Å²) in [5, 5.41) is 20.1. The van der Waals surface area contributed by atoms with E-state index < -0.39 is 18.6 Å². The normalized spacial score (nSPS) is 39.7. The lowest BCUT2D eigenvalue weighted by atomic mass is 9.61. The molecule has 0 amide bonds. The summed E-state index contributed by atoms with van der Waals surface area (Å²) in [6.45, 7) is 8.08. The highest BCUT2D eigenvalue weighted by molar-refractivity contribution is 5.29. The number of hydrogen-bond donors (Lipinski definition) is 2. The molecule has 3 saturated carbocycles. The van der Waals surface area contributed by atoms with Crippen molar-refractivity contribution in [2.45, 2.75) is 83.8 Å². The van der Waals surface area contributed by atoms with Crippen LogP contribution >= 0.6 is 0 Å². The Morgan fingerprint density at radius 3 is 2.48 bits per heavy atom. The van der Waals surface area contributed by atoms with E-state index in [1.165, 1.54) is 5.57 Å². The molecule has 0 spiro atoms. The molecule has 4 heteroatoms. The van der Waals surface area contributed by atoms with Crippen molar-refractivity contribution in [1.82, 2.24) is 0 Å². The molecule has 3 rings (SSSR count). The molecular weight excluding hydrogens is 346 g/mol. The van der Waals surface area contributed by atoms with Gasteiger partial charge in [-0.2, -0.15) is 0 Å². The molecule has 0 radical (unpaired) electrons. The summed E-state index contributed by atoms with van der Waals surface area (Å²) in [6, 6.07) is 0. The van der Waals surface area contributed by atoms with Crippen LogP contribution in [0.2, 0.25) is 0 Å². The second-order valence-corrected chi connectivity index (χ2v) is 9.28. The Kier molecular flexibility index (Phi) is 6.27. The monoisotopic (exact) mass is 380 g/mol. The van der Waals surface area contributed by atoms with Crippen molar-refractivity contribution in [1.29, 1.82) is 0 Å². The molecule has 0 saturated heterocycles. The van der Waals surface area contributed by atoms with Crippen LogP contribution in [0.3, 0.4) is 0 Å². The molecule has 0 heterocycles. The first kappa shape index (κ1) is 20.7. The summed E-state index contributed by atoms with van der Waals surface area (Å²) in [5.74, 6) is 0.906. The van der Waals surface area contributed by atoms with E-state index >= 15 is 0 Å². The number of rotatable bonds is 4. The predicted octanol–water partition coefficient (Wildman–Crippen LogP) is 5.42. The van der Waals surface area contributed by atoms with Gasteiger partial charge in [0, 0.05) is 6.42 Å². The lowest BCUT2D eigenvalue weighted by Gasteiger charge is -2.44. The van der Waals surface area contributed by atoms with E-state index in [2.05, 4.69) is 25.7 Å². The standard InChI is InChI=1S/C23H34F2O2/c1-14(11-22(24)25)18-8-9-19-17(5-4-10-23(18,19)3)7-6-16-12-20(26)15(2)21(27)13-16/h6-7,14,18-22,26-27H,2,4-5,8-13H2,1,3H3/t14-,18?,19?,20+,21+,23+/m0/s1. The molecule has 2 unspecified atom stereocenters. The second-order valence-electron chi connectivity index (χ2n) is 9.28. The maximum atomic E-state index is 12.9. The summed E-state index contributed by atoms with van der Waals surface area (Å²) in [4.78, 5) is 0. The Hall–Kier alpha value is -1.00. The van der Waals surface area contributed by atoms with Gasteiger partial charge in [-0.1, -0.05) is 43.7 Å². The Morgan fingerprint density at radius 2 is 1.85 bits per heavy atom. The maximum absolute atomic E-state index is 12.9. The van der Waals surface area contributed by atoms with Gasteiger partial charge in [-0.25, -0.2) is 8.78 Å². The van der Waals surface area contributed by atoms with E-state index in [-0.39, 0.29) is 17.8 Å². The summed E-state index contributed by atoms with van der Waals surface area (Å²) >= 11 is 0. The van der Waals surface area contributed by atoms with Crippen LogP contribution in [0.15, 0.2) is 35.5 Å². The minimum atomic E-state index is -2.22. The molecule has 0 aliphatic heterocycles. The van der Waals surface area contributed by atoms with Crippen LogP contribution in [0.4, 0.5) is 8.78 Å². The van der Waals surface area contributed by atoms with Crippen LogP contribution in [0.1, 0.15) is 65.2 Å². The largest absolute Gasteiger partial charge is 0.388 e. The van der Waals surface area contributed by atoms with Crippen LogP contribution in [-0.2, 0) is 0 Å². The van der Waals surface area contributed by atoms with E-state index in [9.17, 15) is 19.0 Å². The van der Waals surface area contributed by atoms with Crippen molar-refractivity contribution in [2.24, 2.45) is 23.2 Å². The molecule has 2 N–H and O–H groups in total. The highest BCUT2D eigenvalue weighted by atomic mass is 19.3. The van der Waals surface area contributed by atoms with Gasteiger partial charge in [-0.05, 0) is 73.7 Å². The van der Waals surface area contributed by atoms with Gasteiger partial charge in [0.15, 0.2) is 0 Å². The Bertz CT molecular complexity index is 608. The molecule has 3 aliphatic carbocycles. The number of fused-ring (bicyclic) bond motifs is 1. The zero-order chi connectivity index (χ0) is 19.8. The Balaban J connectivity index is 1.76. The maximum Gasteiger partial charge on any atom is 0.238 e. The first-order valence-corrected chi connectivity index (χ1v) is 10.4. The highest BCUT2D eigenvalue weighted by Crippen LogP contribution is 2.59. The average molecular weight is 381 g/mol. The molecule has 0 bridgehead atoms. The van der Waals surface area contributed by atoms with Crippen LogP contribution < -0.4 is 0 Å². The SMILES string of the molecule is C=C1[C@H](O)CC(=CC=C2CCC[C@@]3(C)C2CCC3[C@@H](C)CC(F)F)C[C@H]1O. The summed E-state index contributed by atoms with van der Waals surface area (Å²) in [6.07, 6.45) is 7.25. The highest BCUT2D eigenvalue weighted by Gasteiger charge is 2.50. The molecule has 152 valence electrons. The molecule has 2 nitrogen and oxygen atoms in total. The average Bonchev–Trinajstić information content (AvgIpc) is 2.94. The Labute approximate surface area is 162 Å². The van der Waals surface area contributed by atoms with Crippen molar-refractivity contribution in [3.05, 3.63) is 35.5 Å². The van der Waals surface area contributed by atoms with E-state index in [0.29, 0.717) is 30.3 Å². The topological polar surface area (TPSA) is 40.5 Å². The molecule has 6 atom stereocenters. The van der Waals surface area contributed by atoms with Gasteiger partial charge < -0.3 is 10.2 Å². The quantitative estimate of drug-likeness (QED) is 0.640. The number of allylic oxidation sites excluding steroid dienone is 3. The van der Waals surface area contributed by atoms with Crippen LogP contribution in [-0.4, -0.2) is 28.8 Å². The lowest BCUT2D eigenvalue weighted by molar-refractivity contribution is 0.0522. The minimum absolute atomic E-state index is 0.00966. The fourth-order valence-electron chi connectivity index (χ4n) is 6.08. The van der Waals surface area contributed by atoms with E-state index in [1.807, 2.05) is 6.92 Å². The van der Waals surface area contributed by atoms with Crippen LogP contribution in [0.25, 0.3) is 0 Å². The van der Waals surface area contributed by atoms with E-state index in [1.54, 1.807) is 0 Å². The number of alkyl halides is 2. The van der Waals surface area contributed by atoms with Crippen LogP contribution in [0, 0.1) is 23.2 Å². The molecule has 27 heavy (non-hydrogen) atoms. The fraction of sp³-hybridized carbons (Fsp3) is 0.739. The number of hydrogen-bond acceptors (Lipinski definition) is 2. The lowest BCUT2D eigenvalue weighted by Crippen LogP contribution is -2.36. The first-order chi connectivity index (χ1) is 12.7. The van der Waals surface area contributed by atoms with Gasteiger partial charge in [-0.3, -0.25) is 0 Å². The van der Waals surface area contributed by atoms with Crippen molar-refractivity contribution in [2.75, 3.05) is 0 Å². The molecule has 0 aromatic carbocycles. The van der Waals surface area contributed by atoms with E-state index in [0.717, 1.165) is 37.7 Å². The van der Waals surface area contributed by atoms with Gasteiger partial charge in [-0.15, -0.1) is 0 Å². The second kappa shape index (κ2) is 8.16. The summed E-state index contributed by atoms with van der Waals surface area (Å²) in [7, 11) is 0. The molecule has 3 fully saturated rings. The third kappa shape index (κ3) is 4.22. The number of aliphatic hydroxyl groups is 2. The van der Waals surface area contributed by atoms with Crippen molar-refractivity contribution >= 4 is 0 Å². The smallest absolute Gasteiger partial charge is 0.238 e. The van der Waals surface area contributed by atoms with Gasteiger partial charge in [0.05, 0.1) is 12.2 Å². The van der Waals surface area contributed by atoms with Crippen molar-refractivity contribution in [3.8, 4) is 0 Å². The summed E-state index contributed by atoms with van der Waals surface area (Å²) < 4.78 is 25.8. The fourth-order valence-corrected chi connectivity index (χ4v) is 6.08. The van der Waals surface area contributed by atoms with E-state index in [4.69, 9.17) is 0 Å². The van der Waals surface area contributed by atoms with Gasteiger partial charge >= 0.3 is 0 Å². The molecule has 3 aliphatic rings. The number of aliphatic hydroxyl groups excluding tert-OH is 2. The third-order valence-corrected chi connectivity index (χ3v) is 7.57. The zero-order valence-corrected chi connectivity index (χ0v) is 16.6. The minimum Gasteiger partial charge on any atom is -0.388 e. The van der Waals surface area contributed by atoms with Crippen LogP contribution in [0.5, 0.6) is 0 Å². The molecular formula is C23H34F2O2. The third-order valence-electron chi connectivity index (χ3n) is 7.57. The zero-order valence-electron chi connectivity index (χ0n) is 16.6. The molecule has 0 aromatic rings. The number of halogens is 2. The van der Waals surface area contributed by atoms with Crippen molar-refractivity contribution in [3.63, 3.8) is 0 Å². The molecule has 0 aromatic heterocycles. The van der Waals surface area contributed by atoms with Gasteiger partial charge in [0.25, 0.3) is 0 Å². The predicted molar refractivity (Wildman–Crippen MR) is 105 cm³/mol. The van der Waals surface area contributed by atoms with Gasteiger partial charge in [0.2, 0.25) is 6.43 Å². The first-order valence-electron chi connectivity index (χ1n) is 10.4. The van der Waals surface area contributed by atoms with Crippen molar-refractivity contribution < 1.29 is 19.0 Å². The van der Waals surface area contributed by atoms with Gasteiger partial charge in [0.1, 0.15) is 0 Å². The summed E-state index contributed by atoms with van der Waals surface area (Å²) in [5.41, 5.74) is 3.12. The Morgan fingerprint density at radius 1 is 1.19 bits per heavy atom.